The van der Waals surface area contributed by atoms with Crippen LogP contribution in [0.1, 0.15) is 58.9 Å². The van der Waals surface area contributed by atoms with Gasteiger partial charge in [-0.25, -0.2) is 9.59 Å². The van der Waals surface area contributed by atoms with Gasteiger partial charge in [0.2, 0.25) is 0 Å². The Kier molecular flexibility index (Phi) is 11.6. The predicted octanol–water partition coefficient (Wildman–Crippen LogP) is 4.43. The zero-order chi connectivity index (χ0) is 26.6. The van der Waals surface area contributed by atoms with Crippen molar-refractivity contribution in [3.8, 4) is 0 Å². The number of hydrogen-bond donors (Lipinski definition) is 3. The van der Waals surface area contributed by atoms with Crippen molar-refractivity contribution < 1.29 is 38.5 Å². The van der Waals surface area contributed by atoms with Gasteiger partial charge in [0.25, 0.3) is 5.91 Å². The zero-order valence-corrected chi connectivity index (χ0v) is 21.1. The maximum atomic E-state index is 12.7. The second-order valence-corrected chi connectivity index (χ2v) is 8.95. The molecule has 1 aromatic rings. The highest BCUT2D eigenvalue weighted by atomic mass is 16.7. The van der Waals surface area contributed by atoms with Crippen LogP contribution >= 0.6 is 0 Å². The highest BCUT2D eigenvalue weighted by molar-refractivity contribution is 5.98. The van der Waals surface area contributed by atoms with Gasteiger partial charge in [0, 0.05) is 30.5 Å². The monoisotopic (exact) mass is 492 g/mol. The lowest BCUT2D eigenvalue weighted by Crippen LogP contribution is -2.40. The van der Waals surface area contributed by atoms with Crippen LogP contribution in [0, 0.1) is 6.92 Å². The van der Waals surface area contributed by atoms with Crippen LogP contribution in [0.25, 0.3) is 0 Å². The number of carboxylic acid groups (broad SMARTS) is 1. The summed E-state index contributed by atoms with van der Waals surface area (Å²) in [5.74, 6) is -1.09. The van der Waals surface area contributed by atoms with Crippen LogP contribution in [0.15, 0.2) is 30.9 Å². The fourth-order valence-electron chi connectivity index (χ4n) is 2.86. The third-order valence-corrected chi connectivity index (χ3v) is 5.25. The molecular weight excluding hydrogens is 456 g/mol. The fraction of sp³-hybridized carbons (Fsp3) is 0.520. The average molecular weight is 493 g/mol. The molecule has 0 spiro atoms. The number of esters is 1. The number of nitrogens with one attached hydrogen (secondary N) is 2. The van der Waals surface area contributed by atoms with Crippen molar-refractivity contribution in [2.45, 2.75) is 71.5 Å². The van der Waals surface area contributed by atoms with Crippen LogP contribution in [0.4, 0.5) is 16.2 Å². The van der Waals surface area contributed by atoms with E-state index in [1.54, 1.807) is 52.8 Å². The van der Waals surface area contributed by atoms with E-state index in [0.717, 1.165) is 11.6 Å². The molecule has 0 aromatic heterocycles. The van der Waals surface area contributed by atoms with Gasteiger partial charge in [0.15, 0.2) is 12.6 Å². The lowest BCUT2D eigenvalue weighted by atomic mass is 9.98. The summed E-state index contributed by atoms with van der Waals surface area (Å²) in [7, 11) is 0. The molecule has 0 radical (unpaired) electrons. The van der Waals surface area contributed by atoms with E-state index in [4.69, 9.17) is 19.3 Å². The number of benzene rings is 1. The molecule has 1 rings (SSSR count). The second kappa shape index (κ2) is 13.6. The molecule has 35 heavy (non-hydrogen) atoms. The molecule has 2 amide bonds. The topological polar surface area (TPSA) is 140 Å². The number of rotatable bonds is 15. The Labute approximate surface area is 206 Å². The van der Waals surface area contributed by atoms with E-state index in [-0.39, 0.29) is 18.5 Å². The first-order valence-electron chi connectivity index (χ1n) is 11.3. The van der Waals surface area contributed by atoms with Gasteiger partial charge >= 0.3 is 12.1 Å². The lowest BCUT2D eigenvalue weighted by Gasteiger charge is -2.25. The molecule has 0 aliphatic rings. The van der Waals surface area contributed by atoms with E-state index in [2.05, 4.69) is 17.2 Å². The minimum Gasteiger partial charge on any atom is -0.465 e. The Balaban J connectivity index is 2.41. The Bertz CT molecular complexity index is 924. The number of unbranched alkanes of at least 4 members (excludes halogenated alkanes) is 2. The maximum absolute atomic E-state index is 12.7. The molecule has 0 fully saturated rings. The summed E-state index contributed by atoms with van der Waals surface area (Å²) in [6.07, 6.45) is 2.11. The number of hydrogen-bond acceptors (Lipinski definition) is 7. The summed E-state index contributed by atoms with van der Waals surface area (Å²) in [5, 5.41) is 13.9. The van der Waals surface area contributed by atoms with Crippen LogP contribution in [0.5, 0.6) is 0 Å². The van der Waals surface area contributed by atoms with E-state index in [9.17, 15) is 19.2 Å². The van der Waals surface area contributed by atoms with Gasteiger partial charge in [0.1, 0.15) is 11.2 Å². The molecule has 0 aliphatic carbocycles. The lowest BCUT2D eigenvalue weighted by molar-refractivity contribution is -0.171. The Morgan fingerprint density at radius 3 is 2.31 bits per heavy atom. The summed E-state index contributed by atoms with van der Waals surface area (Å²) < 4.78 is 15.9. The molecule has 0 aliphatic heterocycles. The molecule has 10 heteroatoms. The molecule has 3 N–H and O–H groups in total. The van der Waals surface area contributed by atoms with Crippen molar-refractivity contribution in [3.05, 3.63) is 36.4 Å². The van der Waals surface area contributed by atoms with Crippen LogP contribution in [-0.2, 0) is 28.6 Å². The van der Waals surface area contributed by atoms with Crippen molar-refractivity contribution in [3.63, 3.8) is 0 Å². The molecule has 194 valence electrons. The maximum Gasteiger partial charge on any atom is 0.409 e. The van der Waals surface area contributed by atoms with Crippen LogP contribution in [-0.4, -0.2) is 53.5 Å². The van der Waals surface area contributed by atoms with E-state index in [1.807, 2.05) is 0 Å². The molecule has 0 saturated heterocycles. The first-order chi connectivity index (χ1) is 16.3. The third-order valence-electron chi connectivity index (χ3n) is 5.25. The Hall–Kier alpha value is -3.24. The minimum atomic E-state index is -1.19. The third kappa shape index (κ3) is 10.7. The Morgan fingerprint density at radius 1 is 1.00 bits per heavy atom. The highest BCUT2D eigenvalue weighted by Gasteiger charge is 2.30. The Morgan fingerprint density at radius 2 is 1.69 bits per heavy atom. The SMILES string of the molecule is C=CC(=O)OCOC(C)(C)C(=O)CCCCCOC(C)(C)C(=O)Nc1cc(NC(=O)O)ccc1C. The number of Topliss-reactive ketones (excluding diaryl/α,β-unsaturated/α-hetero) is 1. The molecular formula is C25H36N2O8. The zero-order valence-electron chi connectivity index (χ0n) is 21.1. The van der Waals surface area contributed by atoms with Gasteiger partial charge in [0.05, 0.1) is 0 Å². The summed E-state index contributed by atoms with van der Waals surface area (Å²) in [5.41, 5.74) is -0.580. The number of ether oxygens (including phenoxy) is 3. The summed E-state index contributed by atoms with van der Waals surface area (Å²) in [4.78, 5) is 47.0. The van der Waals surface area contributed by atoms with Crippen LogP contribution in [0.3, 0.4) is 0 Å². The second-order valence-electron chi connectivity index (χ2n) is 8.95. The summed E-state index contributed by atoms with van der Waals surface area (Å²) in [6, 6.07) is 4.86. The minimum absolute atomic E-state index is 0.109. The van der Waals surface area contributed by atoms with E-state index in [0.29, 0.717) is 43.7 Å². The molecule has 0 unspecified atom stereocenters. The molecule has 1 aromatic carbocycles. The van der Waals surface area contributed by atoms with Crippen molar-refractivity contribution in [2.24, 2.45) is 0 Å². The van der Waals surface area contributed by atoms with Gasteiger partial charge in [-0.1, -0.05) is 19.1 Å². The summed E-state index contributed by atoms with van der Waals surface area (Å²) >= 11 is 0. The van der Waals surface area contributed by atoms with Gasteiger partial charge in [-0.15, -0.1) is 0 Å². The van der Waals surface area contributed by atoms with Crippen molar-refractivity contribution in [1.82, 2.24) is 0 Å². The fourth-order valence-corrected chi connectivity index (χ4v) is 2.86. The summed E-state index contributed by atoms with van der Waals surface area (Å²) in [6.45, 7) is 11.6. The van der Waals surface area contributed by atoms with Crippen LogP contribution < -0.4 is 10.6 Å². The quantitative estimate of drug-likeness (QED) is 0.141. The van der Waals surface area contributed by atoms with Gasteiger partial charge < -0.3 is 24.6 Å². The first-order valence-corrected chi connectivity index (χ1v) is 11.3. The number of carbonyl (C=O) groups is 4. The van der Waals surface area contributed by atoms with Crippen molar-refractivity contribution >= 4 is 35.1 Å². The van der Waals surface area contributed by atoms with Crippen LogP contribution in [0.2, 0.25) is 0 Å². The van der Waals surface area contributed by atoms with Gasteiger partial charge in [-0.05, 0) is 65.2 Å². The normalized spacial score (nSPS) is 11.5. The average Bonchev–Trinajstić information content (AvgIpc) is 2.77. The number of amides is 2. The molecule has 0 bridgehead atoms. The predicted molar refractivity (Wildman–Crippen MR) is 131 cm³/mol. The van der Waals surface area contributed by atoms with E-state index < -0.39 is 23.3 Å². The molecule has 10 nitrogen and oxygen atoms in total. The molecule has 0 saturated carbocycles. The molecule has 0 heterocycles. The van der Waals surface area contributed by atoms with Gasteiger partial charge in [-0.2, -0.15) is 0 Å². The molecule has 0 atom stereocenters. The highest BCUT2D eigenvalue weighted by Crippen LogP contribution is 2.23. The van der Waals surface area contributed by atoms with Gasteiger partial charge in [-0.3, -0.25) is 14.9 Å². The number of ketones is 1. The number of anilines is 2. The number of aryl methyl sites for hydroxylation is 1. The van der Waals surface area contributed by atoms with Crippen molar-refractivity contribution in [2.75, 3.05) is 24.0 Å². The van der Waals surface area contributed by atoms with E-state index >= 15 is 0 Å². The first kappa shape index (κ1) is 29.8. The standard InChI is InChI=1S/C25H36N2O8/c1-7-21(29)33-16-35-24(3,4)20(28)11-9-8-10-14-34-25(5,6)22(30)27-19-15-18(26-23(31)32)13-12-17(19)2/h7,12-13,15,26H,1,8-11,14,16H2,2-6H3,(H,27,30)(H,31,32). The largest absolute Gasteiger partial charge is 0.465 e. The number of carbonyl (C=O) groups excluding carboxylic acids is 3. The van der Waals surface area contributed by atoms with E-state index in [1.165, 1.54) is 0 Å². The van der Waals surface area contributed by atoms with Crippen molar-refractivity contribution in [1.29, 1.82) is 0 Å². The smallest absolute Gasteiger partial charge is 0.409 e.